The molecule has 0 radical (unpaired) electrons. The van der Waals surface area contributed by atoms with Gasteiger partial charge in [0.25, 0.3) is 0 Å². The minimum absolute atomic E-state index is 0.537. The molecule has 1 fully saturated rings. The molecule has 1 aromatic rings. The van der Waals surface area contributed by atoms with E-state index in [2.05, 4.69) is 54.4 Å². The Hall–Kier alpha value is -0.860. The van der Waals surface area contributed by atoms with Crippen molar-refractivity contribution < 1.29 is 0 Å². The second-order valence-electron chi connectivity index (χ2n) is 5.68. The minimum atomic E-state index is 0.537. The van der Waals surface area contributed by atoms with Crippen LogP contribution in [0, 0.1) is 0 Å². The van der Waals surface area contributed by atoms with Crippen LogP contribution < -0.4 is 5.32 Å². The van der Waals surface area contributed by atoms with E-state index in [1.807, 2.05) is 0 Å². The van der Waals surface area contributed by atoms with Crippen molar-refractivity contribution in [2.75, 3.05) is 19.6 Å². The van der Waals surface area contributed by atoms with E-state index in [-0.39, 0.29) is 0 Å². The molecule has 2 atom stereocenters. The molecule has 1 heterocycles. The minimum Gasteiger partial charge on any atom is -0.315 e. The molecule has 1 saturated heterocycles. The maximum Gasteiger partial charge on any atom is 0.0323 e. The van der Waals surface area contributed by atoms with E-state index in [9.17, 15) is 0 Å². The summed E-state index contributed by atoms with van der Waals surface area (Å²) < 4.78 is 0. The van der Waals surface area contributed by atoms with Crippen LogP contribution in [0.5, 0.6) is 0 Å². The monoisotopic (exact) mass is 260 g/mol. The second-order valence-corrected chi connectivity index (χ2v) is 5.68. The van der Waals surface area contributed by atoms with Crippen LogP contribution in [0.4, 0.5) is 0 Å². The number of nitrogens with one attached hydrogen (secondary N) is 1. The largest absolute Gasteiger partial charge is 0.315 e. The van der Waals surface area contributed by atoms with Gasteiger partial charge in [0.2, 0.25) is 0 Å². The topological polar surface area (TPSA) is 15.3 Å². The molecule has 0 aromatic heterocycles. The molecule has 19 heavy (non-hydrogen) atoms. The predicted octanol–water partition coefficient (Wildman–Crippen LogP) is 3.60. The van der Waals surface area contributed by atoms with E-state index in [1.54, 1.807) is 0 Å². The second kappa shape index (κ2) is 7.66. The highest BCUT2D eigenvalue weighted by molar-refractivity contribution is 5.18. The summed E-state index contributed by atoms with van der Waals surface area (Å²) in [7, 11) is 0. The van der Waals surface area contributed by atoms with E-state index in [4.69, 9.17) is 0 Å². The van der Waals surface area contributed by atoms with Gasteiger partial charge in [-0.25, -0.2) is 0 Å². The number of hydrogen-bond acceptors (Lipinski definition) is 2. The van der Waals surface area contributed by atoms with Crippen molar-refractivity contribution in [1.82, 2.24) is 10.2 Å². The van der Waals surface area contributed by atoms with Crippen molar-refractivity contribution in [1.29, 1.82) is 0 Å². The highest BCUT2D eigenvalue weighted by Crippen LogP contribution is 2.27. The number of piperidine rings is 1. The number of likely N-dealkylation sites (tertiary alicyclic amines) is 1. The predicted molar refractivity (Wildman–Crippen MR) is 82.4 cm³/mol. The van der Waals surface area contributed by atoms with Gasteiger partial charge in [-0.05, 0) is 44.8 Å². The molecule has 2 heteroatoms. The Labute approximate surface area is 118 Å². The van der Waals surface area contributed by atoms with Gasteiger partial charge >= 0.3 is 0 Å². The maximum atomic E-state index is 3.60. The molecule has 2 nitrogen and oxygen atoms in total. The van der Waals surface area contributed by atoms with Gasteiger partial charge in [0, 0.05) is 18.6 Å². The Bertz CT molecular complexity index is 350. The first kappa shape index (κ1) is 14.5. The average molecular weight is 260 g/mol. The van der Waals surface area contributed by atoms with Crippen LogP contribution >= 0.6 is 0 Å². The zero-order valence-electron chi connectivity index (χ0n) is 12.4. The molecule has 0 amide bonds. The molecule has 106 valence electrons. The van der Waals surface area contributed by atoms with Crippen molar-refractivity contribution in [2.45, 2.75) is 51.6 Å². The van der Waals surface area contributed by atoms with Crippen molar-refractivity contribution in [3.8, 4) is 0 Å². The van der Waals surface area contributed by atoms with Gasteiger partial charge in [0.15, 0.2) is 0 Å². The summed E-state index contributed by atoms with van der Waals surface area (Å²) >= 11 is 0. The van der Waals surface area contributed by atoms with Crippen LogP contribution in [0.2, 0.25) is 0 Å². The van der Waals surface area contributed by atoms with E-state index >= 15 is 0 Å². The maximum absolute atomic E-state index is 3.60. The van der Waals surface area contributed by atoms with Crippen LogP contribution in [-0.4, -0.2) is 30.6 Å². The molecule has 1 N–H and O–H groups in total. The van der Waals surface area contributed by atoms with Crippen molar-refractivity contribution >= 4 is 0 Å². The highest BCUT2D eigenvalue weighted by atomic mass is 15.2. The summed E-state index contributed by atoms with van der Waals surface area (Å²) in [5.74, 6) is 0. The summed E-state index contributed by atoms with van der Waals surface area (Å²) in [5, 5.41) is 3.60. The first-order valence-corrected chi connectivity index (χ1v) is 7.84. The zero-order valence-corrected chi connectivity index (χ0v) is 12.4. The summed E-state index contributed by atoms with van der Waals surface area (Å²) in [4.78, 5) is 2.70. The van der Waals surface area contributed by atoms with Crippen LogP contribution in [0.15, 0.2) is 30.3 Å². The SMILES string of the molecule is CCCNCC1CCCCN1C(C)c1ccccc1. The van der Waals surface area contributed by atoms with E-state index in [0.717, 1.165) is 13.1 Å². The van der Waals surface area contributed by atoms with E-state index < -0.39 is 0 Å². The summed E-state index contributed by atoms with van der Waals surface area (Å²) in [5.41, 5.74) is 1.45. The van der Waals surface area contributed by atoms with Gasteiger partial charge in [-0.2, -0.15) is 0 Å². The summed E-state index contributed by atoms with van der Waals surface area (Å²) in [6.45, 7) is 8.12. The molecular formula is C17H28N2. The smallest absolute Gasteiger partial charge is 0.0323 e. The Kier molecular flexibility index (Phi) is 5.87. The fourth-order valence-electron chi connectivity index (χ4n) is 3.12. The van der Waals surface area contributed by atoms with Gasteiger partial charge < -0.3 is 5.32 Å². The van der Waals surface area contributed by atoms with E-state index in [0.29, 0.717) is 12.1 Å². The standard InChI is InChI=1S/C17H28N2/c1-3-12-18-14-17-11-7-8-13-19(17)15(2)16-9-5-4-6-10-16/h4-6,9-10,15,17-18H,3,7-8,11-14H2,1-2H3. The highest BCUT2D eigenvalue weighted by Gasteiger charge is 2.26. The molecular weight excluding hydrogens is 232 g/mol. The molecule has 1 aliphatic rings. The Morgan fingerprint density at radius 3 is 2.79 bits per heavy atom. The normalized spacial score (nSPS) is 22.3. The fraction of sp³-hybridized carbons (Fsp3) is 0.647. The van der Waals surface area contributed by atoms with Crippen LogP contribution in [-0.2, 0) is 0 Å². The Morgan fingerprint density at radius 1 is 1.26 bits per heavy atom. The number of benzene rings is 1. The van der Waals surface area contributed by atoms with Gasteiger partial charge in [0.1, 0.15) is 0 Å². The number of nitrogens with zero attached hydrogens (tertiary/aromatic N) is 1. The molecule has 0 saturated carbocycles. The van der Waals surface area contributed by atoms with Crippen molar-refractivity contribution in [3.05, 3.63) is 35.9 Å². The molecule has 2 unspecified atom stereocenters. The molecule has 2 rings (SSSR count). The summed E-state index contributed by atoms with van der Waals surface area (Å²) in [6, 6.07) is 12.2. The van der Waals surface area contributed by atoms with Gasteiger partial charge in [-0.3, -0.25) is 4.90 Å². The Morgan fingerprint density at radius 2 is 2.05 bits per heavy atom. The molecule has 0 spiro atoms. The lowest BCUT2D eigenvalue weighted by Crippen LogP contribution is -2.46. The van der Waals surface area contributed by atoms with Crippen molar-refractivity contribution in [3.63, 3.8) is 0 Å². The van der Waals surface area contributed by atoms with E-state index in [1.165, 1.54) is 37.8 Å². The number of hydrogen-bond donors (Lipinski definition) is 1. The first-order chi connectivity index (χ1) is 9.33. The van der Waals surface area contributed by atoms with Gasteiger partial charge in [-0.1, -0.05) is 43.7 Å². The third kappa shape index (κ3) is 4.05. The van der Waals surface area contributed by atoms with Crippen LogP contribution in [0.1, 0.15) is 51.1 Å². The molecule has 0 aliphatic carbocycles. The van der Waals surface area contributed by atoms with Crippen LogP contribution in [0.3, 0.4) is 0 Å². The lowest BCUT2D eigenvalue weighted by Gasteiger charge is -2.40. The first-order valence-electron chi connectivity index (χ1n) is 7.84. The number of rotatable bonds is 6. The van der Waals surface area contributed by atoms with Gasteiger partial charge in [-0.15, -0.1) is 0 Å². The molecule has 0 bridgehead atoms. The third-order valence-corrected chi connectivity index (χ3v) is 4.26. The fourth-order valence-corrected chi connectivity index (χ4v) is 3.12. The van der Waals surface area contributed by atoms with Crippen molar-refractivity contribution in [2.24, 2.45) is 0 Å². The third-order valence-electron chi connectivity index (χ3n) is 4.26. The van der Waals surface area contributed by atoms with Gasteiger partial charge in [0.05, 0.1) is 0 Å². The zero-order chi connectivity index (χ0) is 13.5. The Balaban J connectivity index is 1.98. The van der Waals surface area contributed by atoms with Crippen LogP contribution in [0.25, 0.3) is 0 Å². The average Bonchev–Trinajstić information content (AvgIpc) is 2.48. The molecule has 1 aromatic carbocycles. The lowest BCUT2D eigenvalue weighted by molar-refractivity contribution is 0.102. The quantitative estimate of drug-likeness (QED) is 0.786. The molecule has 1 aliphatic heterocycles. The summed E-state index contributed by atoms with van der Waals surface area (Å²) in [6.07, 6.45) is 5.30. The lowest BCUT2D eigenvalue weighted by atomic mass is 9.97.